The molecule has 1 saturated heterocycles. The van der Waals surface area contributed by atoms with Crippen molar-refractivity contribution in [3.63, 3.8) is 0 Å². The molecule has 1 amide bonds. The summed E-state index contributed by atoms with van der Waals surface area (Å²) in [6.45, 7) is 4.86. The van der Waals surface area contributed by atoms with E-state index in [4.69, 9.17) is 4.42 Å². The van der Waals surface area contributed by atoms with E-state index in [1.165, 1.54) is 5.69 Å². The van der Waals surface area contributed by atoms with Crippen molar-refractivity contribution in [3.8, 4) is 0 Å². The number of hydrogen-bond donors (Lipinski definition) is 0. The van der Waals surface area contributed by atoms with E-state index >= 15 is 0 Å². The fourth-order valence-electron chi connectivity index (χ4n) is 3.50. The highest BCUT2D eigenvalue weighted by Gasteiger charge is 2.24. The number of furan rings is 1. The van der Waals surface area contributed by atoms with Gasteiger partial charge in [-0.05, 0) is 48.9 Å². The molecule has 0 radical (unpaired) electrons. The van der Waals surface area contributed by atoms with E-state index in [1.807, 2.05) is 54.3 Å². The Hall–Kier alpha value is -2.86. The molecule has 0 bridgehead atoms. The molecule has 2 heterocycles. The highest BCUT2D eigenvalue weighted by atomic mass is 32.2. The zero-order valence-corrected chi connectivity index (χ0v) is 17.2. The molecule has 1 aromatic heterocycles. The lowest BCUT2D eigenvalue weighted by Gasteiger charge is -2.35. The average Bonchev–Trinajstić information content (AvgIpc) is 3.22. The van der Waals surface area contributed by atoms with Gasteiger partial charge in [0, 0.05) is 36.8 Å². The standard InChI is InChI=1S/C23H24N2O3S/c1-18-6-5-9-21(16-18)29(27)17-20-10-11-22(28-20)23(26)25-14-12-24(13-15-25)19-7-3-2-4-8-19/h2-11,16H,12-15,17H2,1H3/t29-/m0/s1. The summed E-state index contributed by atoms with van der Waals surface area (Å²) in [5.41, 5.74) is 2.25. The summed E-state index contributed by atoms with van der Waals surface area (Å²) in [5, 5.41) is 0. The fourth-order valence-corrected chi connectivity index (χ4v) is 4.63. The molecule has 4 rings (SSSR count). The lowest BCUT2D eigenvalue weighted by Crippen LogP contribution is -2.48. The van der Waals surface area contributed by atoms with Crippen LogP contribution in [0.2, 0.25) is 0 Å². The Kier molecular flexibility index (Phi) is 5.81. The second-order valence-corrected chi connectivity index (χ2v) is 8.64. The molecule has 5 nitrogen and oxygen atoms in total. The van der Waals surface area contributed by atoms with E-state index in [2.05, 4.69) is 17.0 Å². The van der Waals surface area contributed by atoms with Crippen LogP contribution >= 0.6 is 0 Å². The van der Waals surface area contributed by atoms with Crippen molar-refractivity contribution in [2.45, 2.75) is 17.6 Å². The van der Waals surface area contributed by atoms with Gasteiger partial charge in [0.05, 0.1) is 16.6 Å². The zero-order chi connectivity index (χ0) is 20.2. The molecule has 6 heteroatoms. The van der Waals surface area contributed by atoms with Gasteiger partial charge in [-0.25, -0.2) is 0 Å². The predicted molar refractivity (Wildman–Crippen MR) is 115 cm³/mol. The zero-order valence-electron chi connectivity index (χ0n) is 16.4. The summed E-state index contributed by atoms with van der Waals surface area (Å²) in [4.78, 5) is 17.7. The number of para-hydroxylation sites is 1. The third-order valence-electron chi connectivity index (χ3n) is 5.09. The van der Waals surface area contributed by atoms with Crippen molar-refractivity contribution >= 4 is 22.4 Å². The van der Waals surface area contributed by atoms with Crippen LogP contribution in [0.25, 0.3) is 0 Å². The molecule has 0 unspecified atom stereocenters. The van der Waals surface area contributed by atoms with E-state index in [9.17, 15) is 9.00 Å². The second-order valence-electron chi connectivity index (χ2n) is 7.19. The Balaban J connectivity index is 1.36. The van der Waals surface area contributed by atoms with Crippen molar-refractivity contribution in [3.05, 3.63) is 83.8 Å². The van der Waals surface area contributed by atoms with Crippen molar-refractivity contribution in [1.29, 1.82) is 0 Å². The average molecular weight is 409 g/mol. The molecule has 2 aromatic carbocycles. The molecule has 1 aliphatic rings. The Morgan fingerprint density at radius 3 is 2.45 bits per heavy atom. The monoisotopic (exact) mass is 408 g/mol. The van der Waals surface area contributed by atoms with Crippen LogP contribution in [-0.4, -0.2) is 41.2 Å². The lowest BCUT2D eigenvalue weighted by atomic mass is 10.2. The highest BCUT2D eigenvalue weighted by molar-refractivity contribution is 7.84. The van der Waals surface area contributed by atoms with Gasteiger partial charge in [0.25, 0.3) is 5.91 Å². The number of anilines is 1. The highest BCUT2D eigenvalue weighted by Crippen LogP contribution is 2.19. The van der Waals surface area contributed by atoms with Gasteiger partial charge < -0.3 is 14.2 Å². The second kappa shape index (κ2) is 8.66. The topological polar surface area (TPSA) is 53.8 Å². The van der Waals surface area contributed by atoms with E-state index in [0.717, 1.165) is 23.5 Å². The smallest absolute Gasteiger partial charge is 0.289 e. The van der Waals surface area contributed by atoms with Gasteiger partial charge in [0.1, 0.15) is 5.76 Å². The first-order valence-corrected chi connectivity index (χ1v) is 11.0. The summed E-state index contributed by atoms with van der Waals surface area (Å²) in [5.74, 6) is 1.04. The minimum Gasteiger partial charge on any atom is -0.455 e. The van der Waals surface area contributed by atoms with Gasteiger partial charge in [-0.1, -0.05) is 30.3 Å². The number of hydrogen-bond acceptors (Lipinski definition) is 4. The summed E-state index contributed by atoms with van der Waals surface area (Å²) in [6.07, 6.45) is 0. The van der Waals surface area contributed by atoms with Gasteiger partial charge in [0.2, 0.25) is 0 Å². The predicted octanol–water partition coefficient (Wildman–Crippen LogP) is 3.86. The molecular formula is C23H24N2O3S. The third kappa shape index (κ3) is 4.59. The summed E-state index contributed by atoms with van der Waals surface area (Å²) >= 11 is 0. The van der Waals surface area contributed by atoms with Crippen LogP contribution in [0.15, 0.2) is 76.0 Å². The first-order valence-electron chi connectivity index (χ1n) is 9.73. The van der Waals surface area contributed by atoms with E-state index < -0.39 is 10.8 Å². The van der Waals surface area contributed by atoms with Crippen LogP contribution in [0.3, 0.4) is 0 Å². The van der Waals surface area contributed by atoms with Gasteiger partial charge >= 0.3 is 0 Å². The molecule has 0 aliphatic carbocycles. The summed E-state index contributed by atoms with van der Waals surface area (Å²) < 4.78 is 18.3. The molecule has 1 atom stereocenters. The number of nitrogens with zero attached hydrogens (tertiary/aromatic N) is 2. The van der Waals surface area contributed by atoms with E-state index in [-0.39, 0.29) is 11.7 Å². The first kappa shape index (κ1) is 19.5. The molecule has 3 aromatic rings. The van der Waals surface area contributed by atoms with Crippen LogP contribution < -0.4 is 4.90 Å². The Morgan fingerprint density at radius 2 is 1.72 bits per heavy atom. The van der Waals surface area contributed by atoms with Crippen molar-refractivity contribution in [1.82, 2.24) is 4.90 Å². The van der Waals surface area contributed by atoms with Crippen molar-refractivity contribution < 1.29 is 13.4 Å². The molecule has 0 spiro atoms. The summed E-state index contributed by atoms with van der Waals surface area (Å²) in [6, 6.07) is 21.3. The Morgan fingerprint density at radius 1 is 0.966 bits per heavy atom. The lowest BCUT2D eigenvalue weighted by molar-refractivity contribution is 0.0713. The fraction of sp³-hybridized carbons (Fsp3) is 0.261. The Bertz CT molecular complexity index is 1010. The maximum atomic E-state index is 12.8. The van der Waals surface area contributed by atoms with E-state index in [0.29, 0.717) is 24.6 Å². The van der Waals surface area contributed by atoms with Crippen LogP contribution in [0.1, 0.15) is 21.9 Å². The molecule has 0 N–H and O–H groups in total. The number of carbonyl (C=O) groups is 1. The number of benzene rings is 2. The molecule has 1 fully saturated rings. The maximum absolute atomic E-state index is 12.8. The quantitative estimate of drug-likeness (QED) is 0.643. The normalized spacial score (nSPS) is 15.3. The largest absolute Gasteiger partial charge is 0.455 e. The van der Waals surface area contributed by atoms with Crippen LogP contribution in [0, 0.1) is 6.92 Å². The summed E-state index contributed by atoms with van der Waals surface area (Å²) in [7, 11) is -1.20. The third-order valence-corrected chi connectivity index (χ3v) is 6.41. The maximum Gasteiger partial charge on any atom is 0.289 e. The first-order chi connectivity index (χ1) is 14.1. The number of rotatable bonds is 5. The number of amides is 1. The van der Waals surface area contributed by atoms with Gasteiger partial charge in [-0.15, -0.1) is 0 Å². The van der Waals surface area contributed by atoms with Crippen LogP contribution in [0.5, 0.6) is 0 Å². The Labute approximate surface area is 173 Å². The van der Waals surface area contributed by atoms with Gasteiger partial charge in [0.15, 0.2) is 5.76 Å². The minimum absolute atomic E-state index is 0.106. The minimum atomic E-state index is -1.20. The van der Waals surface area contributed by atoms with Crippen molar-refractivity contribution in [2.75, 3.05) is 31.1 Å². The molecular weight excluding hydrogens is 384 g/mol. The van der Waals surface area contributed by atoms with E-state index in [1.54, 1.807) is 12.1 Å². The molecule has 1 aliphatic heterocycles. The molecule has 29 heavy (non-hydrogen) atoms. The van der Waals surface area contributed by atoms with Crippen molar-refractivity contribution in [2.24, 2.45) is 0 Å². The van der Waals surface area contributed by atoms with Crippen LogP contribution in [0.4, 0.5) is 5.69 Å². The van der Waals surface area contributed by atoms with Crippen LogP contribution in [-0.2, 0) is 16.6 Å². The number of aryl methyl sites for hydroxylation is 1. The number of carbonyl (C=O) groups excluding carboxylic acids is 1. The van der Waals surface area contributed by atoms with Gasteiger partial charge in [-0.3, -0.25) is 9.00 Å². The van der Waals surface area contributed by atoms with Gasteiger partial charge in [-0.2, -0.15) is 0 Å². The SMILES string of the molecule is Cc1cccc([S@@](=O)Cc2ccc(C(=O)N3CCN(c4ccccc4)CC3)o2)c1. The molecule has 150 valence electrons. The molecule has 0 saturated carbocycles. The number of piperazine rings is 1.